The molecule has 0 spiro atoms. The number of rotatable bonds is 7. The molecule has 0 bridgehead atoms. The molecule has 0 aromatic rings. The third-order valence-corrected chi connectivity index (χ3v) is 2.08. The van der Waals surface area contributed by atoms with E-state index < -0.39 is 0 Å². The van der Waals surface area contributed by atoms with Crippen LogP contribution in [0.15, 0.2) is 12.2 Å². The van der Waals surface area contributed by atoms with Gasteiger partial charge in [0.25, 0.3) is 0 Å². The fourth-order valence-corrected chi connectivity index (χ4v) is 1.12. The zero-order valence-electron chi connectivity index (χ0n) is 9.95. The van der Waals surface area contributed by atoms with Gasteiger partial charge in [0.15, 0.2) is 0 Å². The number of hydrogen-bond donors (Lipinski definition) is 0. The minimum Gasteiger partial charge on any atom is -0.348 e. The Morgan fingerprint density at radius 1 is 1.20 bits per heavy atom. The summed E-state index contributed by atoms with van der Waals surface area (Å²) in [6, 6.07) is 0. The quantitative estimate of drug-likeness (QED) is 0.367. The Balaban J connectivity index is 3.58. The molecular formula is C12H21NO2. The fraction of sp³-hybridized carbons (Fsp3) is 0.667. The monoisotopic (exact) mass is 211 g/mol. The number of ketones is 1. The Morgan fingerprint density at radius 2 is 1.87 bits per heavy atom. The molecule has 86 valence electrons. The summed E-state index contributed by atoms with van der Waals surface area (Å²) in [5.41, 5.74) is 0. The summed E-state index contributed by atoms with van der Waals surface area (Å²) >= 11 is 0. The molecule has 0 N–H and O–H groups in total. The second kappa shape index (κ2) is 8.21. The van der Waals surface area contributed by atoms with Gasteiger partial charge >= 0.3 is 0 Å². The zero-order chi connectivity index (χ0) is 11.7. The molecule has 15 heavy (non-hydrogen) atoms. The molecule has 3 nitrogen and oxygen atoms in total. The van der Waals surface area contributed by atoms with Crippen LogP contribution in [0.5, 0.6) is 0 Å². The van der Waals surface area contributed by atoms with Crippen LogP contribution in [0.2, 0.25) is 0 Å². The molecule has 1 amide bonds. The van der Waals surface area contributed by atoms with E-state index in [1.165, 1.54) is 4.90 Å². The van der Waals surface area contributed by atoms with Gasteiger partial charge in [-0.3, -0.25) is 9.59 Å². The number of nitrogens with zero attached hydrogens (tertiary/aromatic N) is 1. The molecule has 0 unspecified atom stereocenters. The van der Waals surface area contributed by atoms with Crippen LogP contribution in [0, 0.1) is 0 Å². The number of hydrogen-bond acceptors (Lipinski definition) is 2. The predicted molar refractivity (Wildman–Crippen MR) is 61.6 cm³/mol. The Kier molecular flexibility index (Phi) is 7.60. The highest BCUT2D eigenvalue weighted by Gasteiger charge is 2.09. The molecule has 0 saturated heterocycles. The first-order valence-electron chi connectivity index (χ1n) is 5.44. The normalized spacial score (nSPS) is 10.6. The molecule has 0 aliphatic carbocycles. The van der Waals surface area contributed by atoms with Crippen molar-refractivity contribution in [2.75, 3.05) is 14.1 Å². The van der Waals surface area contributed by atoms with E-state index in [0.717, 1.165) is 19.3 Å². The van der Waals surface area contributed by atoms with Crippen molar-refractivity contribution in [1.29, 1.82) is 0 Å². The van der Waals surface area contributed by atoms with Gasteiger partial charge in [0.2, 0.25) is 5.91 Å². The van der Waals surface area contributed by atoms with Gasteiger partial charge in [-0.05, 0) is 19.3 Å². The maximum atomic E-state index is 11.3. The number of Topliss-reactive ketones (excluding diaryl/α,β-unsaturated/α-hetero) is 1. The molecule has 0 rings (SSSR count). The second-order valence-corrected chi connectivity index (χ2v) is 3.78. The summed E-state index contributed by atoms with van der Waals surface area (Å²) in [5.74, 6) is -0.0669. The Labute approximate surface area is 92.1 Å². The first kappa shape index (κ1) is 13.9. The summed E-state index contributed by atoms with van der Waals surface area (Å²) in [4.78, 5) is 24.0. The van der Waals surface area contributed by atoms with Crippen LogP contribution in [-0.4, -0.2) is 30.7 Å². The number of amides is 1. The van der Waals surface area contributed by atoms with E-state index in [-0.39, 0.29) is 18.1 Å². The number of allylic oxidation sites excluding steroid dienone is 2. The lowest BCUT2D eigenvalue weighted by Crippen LogP contribution is -2.24. The van der Waals surface area contributed by atoms with Crippen molar-refractivity contribution in [1.82, 2.24) is 4.90 Å². The summed E-state index contributed by atoms with van der Waals surface area (Å²) in [5, 5.41) is 0. The average molecular weight is 211 g/mol. The van der Waals surface area contributed by atoms with Gasteiger partial charge in [0, 0.05) is 20.5 Å². The molecule has 3 heteroatoms. The van der Waals surface area contributed by atoms with E-state index in [2.05, 4.69) is 19.1 Å². The molecule has 0 radical (unpaired) electrons. The third-order valence-electron chi connectivity index (χ3n) is 2.08. The van der Waals surface area contributed by atoms with E-state index in [1.807, 2.05) is 0 Å². The van der Waals surface area contributed by atoms with Crippen LogP contribution in [0.25, 0.3) is 0 Å². The Bertz CT molecular complexity index is 232. The molecule has 0 atom stereocenters. The van der Waals surface area contributed by atoms with Gasteiger partial charge in [-0.1, -0.05) is 19.1 Å². The molecule has 0 aliphatic heterocycles. The van der Waals surface area contributed by atoms with Crippen molar-refractivity contribution < 1.29 is 9.59 Å². The average Bonchev–Trinajstić information content (AvgIpc) is 2.17. The Hall–Kier alpha value is -1.12. The van der Waals surface area contributed by atoms with Crippen molar-refractivity contribution in [3.05, 3.63) is 12.2 Å². The van der Waals surface area contributed by atoms with E-state index >= 15 is 0 Å². The standard InChI is InChI=1S/C12H21NO2/c1-4-5-6-7-8-9-11(14)10-12(15)13(2)3/h5-6H,4,7-10H2,1-3H3/b6-5+. The summed E-state index contributed by atoms with van der Waals surface area (Å²) < 4.78 is 0. The van der Waals surface area contributed by atoms with E-state index in [1.54, 1.807) is 14.1 Å². The molecule has 0 saturated carbocycles. The first-order valence-corrected chi connectivity index (χ1v) is 5.44. The first-order chi connectivity index (χ1) is 7.07. The predicted octanol–water partition coefficient (Wildman–Crippen LogP) is 2.17. The van der Waals surface area contributed by atoms with Gasteiger partial charge in [-0.25, -0.2) is 0 Å². The molecule has 0 fully saturated rings. The lowest BCUT2D eigenvalue weighted by molar-refractivity contribution is -0.133. The third kappa shape index (κ3) is 7.91. The SMILES string of the molecule is CC/C=C/CCCC(=O)CC(=O)N(C)C. The summed E-state index contributed by atoms with van der Waals surface area (Å²) in [7, 11) is 3.33. The highest BCUT2D eigenvalue weighted by molar-refractivity contribution is 5.97. The van der Waals surface area contributed by atoms with Crippen LogP contribution in [0.4, 0.5) is 0 Å². The van der Waals surface area contributed by atoms with Crippen molar-refractivity contribution in [2.24, 2.45) is 0 Å². The Morgan fingerprint density at radius 3 is 2.40 bits per heavy atom. The number of carbonyl (C=O) groups is 2. The minimum absolute atomic E-state index is 0.0404. The van der Waals surface area contributed by atoms with Gasteiger partial charge in [0.05, 0.1) is 6.42 Å². The summed E-state index contributed by atoms with van der Waals surface area (Å²) in [6.07, 6.45) is 7.54. The van der Waals surface area contributed by atoms with Crippen molar-refractivity contribution in [3.63, 3.8) is 0 Å². The smallest absolute Gasteiger partial charge is 0.229 e. The second-order valence-electron chi connectivity index (χ2n) is 3.78. The maximum absolute atomic E-state index is 11.3. The van der Waals surface area contributed by atoms with Crippen LogP contribution >= 0.6 is 0 Å². The van der Waals surface area contributed by atoms with Crippen LogP contribution < -0.4 is 0 Å². The van der Waals surface area contributed by atoms with Gasteiger partial charge in [-0.2, -0.15) is 0 Å². The van der Waals surface area contributed by atoms with E-state index in [4.69, 9.17) is 0 Å². The molecule has 0 aromatic heterocycles. The van der Waals surface area contributed by atoms with Gasteiger partial charge in [0.1, 0.15) is 5.78 Å². The summed E-state index contributed by atoms with van der Waals surface area (Å²) in [6.45, 7) is 2.08. The fourth-order valence-electron chi connectivity index (χ4n) is 1.12. The molecule has 0 heterocycles. The highest BCUT2D eigenvalue weighted by atomic mass is 16.2. The number of unbranched alkanes of at least 4 members (excludes halogenated alkanes) is 1. The van der Waals surface area contributed by atoms with Crippen LogP contribution in [0.1, 0.15) is 39.0 Å². The van der Waals surface area contributed by atoms with Crippen LogP contribution in [-0.2, 0) is 9.59 Å². The lowest BCUT2D eigenvalue weighted by Gasteiger charge is -2.08. The van der Waals surface area contributed by atoms with Gasteiger partial charge < -0.3 is 4.90 Å². The lowest BCUT2D eigenvalue weighted by atomic mass is 10.1. The van der Waals surface area contributed by atoms with Gasteiger partial charge in [-0.15, -0.1) is 0 Å². The van der Waals surface area contributed by atoms with Crippen molar-refractivity contribution in [2.45, 2.75) is 39.0 Å². The maximum Gasteiger partial charge on any atom is 0.229 e. The molecule has 0 aliphatic rings. The highest BCUT2D eigenvalue weighted by Crippen LogP contribution is 2.02. The minimum atomic E-state index is -0.107. The number of carbonyl (C=O) groups excluding carboxylic acids is 2. The molecular weight excluding hydrogens is 190 g/mol. The van der Waals surface area contributed by atoms with E-state index in [9.17, 15) is 9.59 Å². The topological polar surface area (TPSA) is 37.4 Å². The zero-order valence-corrected chi connectivity index (χ0v) is 9.95. The largest absolute Gasteiger partial charge is 0.348 e. The van der Waals surface area contributed by atoms with Crippen molar-refractivity contribution >= 4 is 11.7 Å². The molecule has 0 aromatic carbocycles. The van der Waals surface area contributed by atoms with Crippen LogP contribution in [0.3, 0.4) is 0 Å². The van der Waals surface area contributed by atoms with Crippen molar-refractivity contribution in [3.8, 4) is 0 Å². The van der Waals surface area contributed by atoms with E-state index in [0.29, 0.717) is 6.42 Å².